The first-order valence-electron chi connectivity index (χ1n) is 9.54. The van der Waals surface area contributed by atoms with Crippen molar-refractivity contribution >= 4 is 5.97 Å². The van der Waals surface area contributed by atoms with Crippen LogP contribution < -0.4 is 0 Å². The number of para-hydroxylation sites is 1. The Kier molecular flexibility index (Phi) is 5.76. The third-order valence-electron chi connectivity index (χ3n) is 4.58. The number of rotatable bonds is 7. The highest BCUT2D eigenvalue weighted by Gasteiger charge is 2.20. The molecule has 0 aliphatic rings. The van der Waals surface area contributed by atoms with Crippen molar-refractivity contribution in [2.24, 2.45) is 0 Å². The number of carbonyl (C=O) groups is 1. The monoisotopic (exact) mass is 383 g/mol. The fraction of sp³-hybridized carbons (Fsp3) is 0.125. The maximum atomic E-state index is 12.6. The largest absolute Gasteiger partial charge is 0.451 e. The zero-order valence-corrected chi connectivity index (χ0v) is 15.9. The summed E-state index contributed by atoms with van der Waals surface area (Å²) in [6.45, 7) is 0. The number of benzene rings is 2. The number of ether oxygens (including phenoxy) is 1. The van der Waals surface area contributed by atoms with Crippen LogP contribution in [-0.4, -0.2) is 20.7 Å². The molecular formula is C24H21N3O2. The van der Waals surface area contributed by atoms with Gasteiger partial charge >= 0.3 is 5.97 Å². The lowest BCUT2D eigenvalue weighted by molar-refractivity contribution is -0.147. The molecule has 0 radical (unpaired) electrons. The van der Waals surface area contributed by atoms with Crippen molar-refractivity contribution in [1.82, 2.24) is 14.8 Å². The molecule has 1 unspecified atom stereocenters. The molecular weight excluding hydrogens is 362 g/mol. The van der Waals surface area contributed by atoms with Crippen molar-refractivity contribution in [3.05, 3.63) is 114 Å². The molecule has 0 fully saturated rings. The minimum absolute atomic E-state index is 0.267. The SMILES string of the molecule is O=C(CCc1cnn(-c2ccccc2)c1)OC(c1ccccc1)c1ccccn1. The van der Waals surface area contributed by atoms with Gasteiger partial charge in [-0.3, -0.25) is 9.78 Å². The Morgan fingerprint density at radius 2 is 1.66 bits per heavy atom. The van der Waals surface area contributed by atoms with E-state index in [1.54, 1.807) is 17.1 Å². The van der Waals surface area contributed by atoms with Crippen LogP contribution in [0.3, 0.4) is 0 Å². The van der Waals surface area contributed by atoms with Gasteiger partial charge in [0, 0.05) is 18.8 Å². The second-order valence-corrected chi connectivity index (χ2v) is 6.66. The summed E-state index contributed by atoms with van der Waals surface area (Å²) in [5.74, 6) is -0.267. The van der Waals surface area contributed by atoms with Crippen LogP contribution >= 0.6 is 0 Å². The first kappa shape index (κ1) is 18.6. The Hall–Kier alpha value is -3.73. The van der Waals surface area contributed by atoms with Gasteiger partial charge in [0.15, 0.2) is 6.10 Å². The predicted molar refractivity (Wildman–Crippen MR) is 110 cm³/mol. The van der Waals surface area contributed by atoms with Crippen LogP contribution in [0.1, 0.15) is 29.3 Å². The van der Waals surface area contributed by atoms with Crippen molar-refractivity contribution in [1.29, 1.82) is 0 Å². The van der Waals surface area contributed by atoms with E-state index >= 15 is 0 Å². The van der Waals surface area contributed by atoms with Crippen LogP contribution in [0.15, 0.2) is 97.5 Å². The number of hydrogen-bond acceptors (Lipinski definition) is 4. The Morgan fingerprint density at radius 1 is 0.931 bits per heavy atom. The van der Waals surface area contributed by atoms with E-state index in [-0.39, 0.29) is 12.4 Å². The van der Waals surface area contributed by atoms with Crippen LogP contribution in [0.25, 0.3) is 5.69 Å². The lowest BCUT2D eigenvalue weighted by Crippen LogP contribution is -2.14. The fourth-order valence-corrected chi connectivity index (χ4v) is 3.11. The number of esters is 1. The van der Waals surface area contributed by atoms with Crippen molar-refractivity contribution in [2.75, 3.05) is 0 Å². The van der Waals surface area contributed by atoms with Crippen LogP contribution in [0.4, 0.5) is 0 Å². The Morgan fingerprint density at radius 3 is 2.38 bits per heavy atom. The second-order valence-electron chi connectivity index (χ2n) is 6.66. The van der Waals surface area contributed by atoms with E-state index in [2.05, 4.69) is 10.1 Å². The third-order valence-corrected chi connectivity index (χ3v) is 4.58. The predicted octanol–water partition coefficient (Wildman–Crippen LogP) is 4.53. The molecule has 0 saturated heterocycles. The quantitative estimate of drug-likeness (QED) is 0.440. The number of aryl methyl sites for hydroxylation is 1. The van der Waals surface area contributed by atoms with E-state index in [0.717, 1.165) is 16.8 Å². The highest BCUT2D eigenvalue weighted by atomic mass is 16.5. The van der Waals surface area contributed by atoms with Crippen molar-refractivity contribution in [3.8, 4) is 5.69 Å². The first-order valence-corrected chi connectivity index (χ1v) is 9.54. The molecule has 4 rings (SSSR count). The van der Waals surface area contributed by atoms with E-state index in [9.17, 15) is 4.79 Å². The third kappa shape index (κ3) is 4.76. The average molecular weight is 383 g/mol. The lowest BCUT2D eigenvalue weighted by Gasteiger charge is -2.17. The molecule has 0 amide bonds. The molecule has 2 heterocycles. The van der Waals surface area contributed by atoms with Crippen molar-refractivity contribution in [3.63, 3.8) is 0 Å². The molecule has 4 aromatic rings. The average Bonchev–Trinajstić information content (AvgIpc) is 3.27. The van der Waals surface area contributed by atoms with Crippen LogP contribution in [0.2, 0.25) is 0 Å². The first-order chi connectivity index (χ1) is 14.3. The van der Waals surface area contributed by atoms with Crippen molar-refractivity contribution in [2.45, 2.75) is 18.9 Å². The Bertz CT molecular complexity index is 1010. The summed E-state index contributed by atoms with van der Waals surface area (Å²) in [5.41, 5.74) is 3.58. The van der Waals surface area contributed by atoms with E-state index in [4.69, 9.17) is 4.74 Å². The molecule has 144 valence electrons. The molecule has 0 aliphatic carbocycles. The summed E-state index contributed by atoms with van der Waals surface area (Å²) >= 11 is 0. The highest BCUT2D eigenvalue weighted by Crippen LogP contribution is 2.25. The summed E-state index contributed by atoms with van der Waals surface area (Å²) in [5, 5.41) is 4.38. The van der Waals surface area contributed by atoms with Gasteiger partial charge in [-0.2, -0.15) is 5.10 Å². The molecule has 5 nitrogen and oxygen atoms in total. The summed E-state index contributed by atoms with van der Waals surface area (Å²) in [7, 11) is 0. The normalized spacial score (nSPS) is 11.7. The van der Waals surface area contributed by atoms with E-state index in [1.165, 1.54) is 0 Å². The maximum Gasteiger partial charge on any atom is 0.307 e. The summed E-state index contributed by atoms with van der Waals surface area (Å²) < 4.78 is 7.61. The van der Waals surface area contributed by atoms with Crippen LogP contribution in [0.5, 0.6) is 0 Å². The highest BCUT2D eigenvalue weighted by molar-refractivity contribution is 5.70. The molecule has 0 saturated carbocycles. The number of nitrogens with zero attached hydrogens (tertiary/aromatic N) is 3. The number of carbonyl (C=O) groups excluding carboxylic acids is 1. The number of hydrogen-bond donors (Lipinski definition) is 0. The molecule has 2 aromatic heterocycles. The fourth-order valence-electron chi connectivity index (χ4n) is 3.11. The van der Waals surface area contributed by atoms with Gasteiger partial charge in [0.05, 0.1) is 17.6 Å². The van der Waals surface area contributed by atoms with Gasteiger partial charge in [0.1, 0.15) is 0 Å². The van der Waals surface area contributed by atoms with E-state index in [0.29, 0.717) is 12.1 Å². The minimum Gasteiger partial charge on any atom is -0.451 e. The molecule has 0 aliphatic heterocycles. The minimum atomic E-state index is -0.517. The molecule has 2 aromatic carbocycles. The van der Waals surface area contributed by atoms with Gasteiger partial charge in [-0.1, -0.05) is 54.6 Å². The zero-order chi connectivity index (χ0) is 19.9. The topological polar surface area (TPSA) is 57.0 Å². The van der Waals surface area contributed by atoms with Crippen LogP contribution in [0, 0.1) is 0 Å². The van der Waals surface area contributed by atoms with E-state index < -0.39 is 6.10 Å². The number of pyridine rings is 1. The molecule has 0 spiro atoms. The number of aromatic nitrogens is 3. The van der Waals surface area contributed by atoms with Crippen molar-refractivity contribution < 1.29 is 9.53 Å². The summed E-state index contributed by atoms with van der Waals surface area (Å²) in [6, 6.07) is 25.2. The Labute approximate surface area is 169 Å². The molecule has 0 bridgehead atoms. The van der Waals surface area contributed by atoms with Crippen LogP contribution in [-0.2, 0) is 16.0 Å². The van der Waals surface area contributed by atoms with Gasteiger partial charge in [-0.15, -0.1) is 0 Å². The molecule has 0 N–H and O–H groups in total. The van der Waals surface area contributed by atoms with E-state index in [1.807, 2.05) is 85.1 Å². The standard InChI is InChI=1S/C24H21N3O2/c28-23(15-14-19-17-26-27(18-19)21-11-5-2-6-12-21)29-24(20-9-3-1-4-10-20)22-13-7-8-16-25-22/h1-13,16-18,24H,14-15H2. The van der Waals surface area contributed by atoms with Gasteiger partial charge in [-0.25, -0.2) is 4.68 Å². The Balaban J connectivity index is 1.42. The lowest BCUT2D eigenvalue weighted by atomic mass is 10.1. The molecule has 29 heavy (non-hydrogen) atoms. The molecule has 1 atom stereocenters. The summed E-state index contributed by atoms with van der Waals surface area (Å²) in [4.78, 5) is 16.9. The summed E-state index contributed by atoms with van der Waals surface area (Å²) in [6.07, 6.45) is 5.75. The van der Waals surface area contributed by atoms with Gasteiger partial charge in [0.2, 0.25) is 0 Å². The van der Waals surface area contributed by atoms with Gasteiger partial charge in [-0.05, 0) is 41.8 Å². The van der Waals surface area contributed by atoms with Gasteiger partial charge < -0.3 is 4.74 Å². The molecule has 5 heteroatoms. The maximum absolute atomic E-state index is 12.6. The van der Waals surface area contributed by atoms with Gasteiger partial charge in [0.25, 0.3) is 0 Å². The zero-order valence-electron chi connectivity index (χ0n) is 15.9. The smallest absolute Gasteiger partial charge is 0.307 e. The second kappa shape index (κ2) is 8.97.